The van der Waals surface area contributed by atoms with Crippen LogP contribution in [0.5, 0.6) is 0 Å². The molecule has 4 rings (SSSR count). The number of alkyl halides is 3. The number of hydrogen-bond donors (Lipinski definition) is 2. The van der Waals surface area contributed by atoms with E-state index in [1.54, 1.807) is 6.07 Å². The van der Waals surface area contributed by atoms with Crippen molar-refractivity contribution in [2.24, 2.45) is 5.92 Å². The molecule has 8 nitrogen and oxygen atoms in total. The molecule has 0 radical (unpaired) electrons. The molecule has 0 aliphatic carbocycles. The number of aromatic carboxylic acids is 1. The normalized spacial score (nSPS) is 18.7. The summed E-state index contributed by atoms with van der Waals surface area (Å²) in [6.45, 7) is 3.53. The maximum absolute atomic E-state index is 13.4. The summed E-state index contributed by atoms with van der Waals surface area (Å²) in [6, 6.07) is 7.52. The zero-order valence-electron chi connectivity index (χ0n) is 19.3. The summed E-state index contributed by atoms with van der Waals surface area (Å²) in [6.07, 6.45) is -4.69. The number of imide groups is 1. The third-order valence-electron chi connectivity index (χ3n) is 6.38. The summed E-state index contributed by atoms with van der Waals surface area (Å²) in [5, 5.41) is 11.9. The van der Waals surface area contributed by atoms with E-state index in [0.29, 0.717) is 11.6 Å². The molecule has 1 saturated heterocycles. The van der Waals surface area contributed by atoms with Crippen molar-refractivity contribution in [3.05, 3.63) is 59.2 Å². The smallest absolute Gasteiger partial charge is 0.391 e. The molecule has 2 aromatic rings. The Bertz CT molecular complexity index is 1190. The van der Waals surface area contributed by atoms with Crippen molar-refractivity contribution in [1.82, 2.24) is 4.90 Å². The lowest BCUT2D eigenvalue weighted by atomic mass is 9.99. The third-order valence-corrected chi connectivity index (χ3v) is 6.38. The molecule has 2 atom stereocenters. The van der Waals surface area contributed by atoms with Crippen LogP contribution in [0.3, 0.4) is 0 Å². The molecular formula is C25H24F3N3O5. The summed E-state index contributed by atoms with van der Waals surface area (Å²) >= 11 is 0. The number of carbonyl (C=O) groups excluding carboxylic acids is 3. The number of fused-ring (bicyclic) bond motifs is 1. The van der Waals surface area contributed by atoms with Crippen LogP contribution >= 0.6 is 0 Å². The fourth-order valence-corrected chi connectivity index (χ4v) is 4.67. The summed E-state index contributed by atoms with van der Waals surface area (Å²) in [7, 11) is 0. The van der Waals surface area contributed by atoms with Crippen LogP contribution in [0.25, 0.3) is 0 Å². The van der Waals surface area contributed by atoms with Gasteiger partial charge in [0.25, 0.3) is 11.8 Å². The van der Waals surface area contributed by atoms with Crippen LogP contribution < -0.4 is 10.2 Å². The van der Waals surface area contributed by atoms with Gasteiger partial charge in [0.05, 0.1) is 28.8 Å². The summed E-state index contributed by atoms with van der Waals surface area (Å²) in [5.41, 5.74) is -0.135. The van der Waals surface area contributed by atoms with Gasteiger partial charge in [0.1, 0.15) is 6.04 Å². The number of anilines is 2. The molecule has 36 heavy (non-hydrogen) atoms. The Hall–Kier alpha value is -3.89. The van der Waals surface area contributed by atoms with E-state index in [2.05, 4.69) is 12.2 Å². The lowest BCUT2D eigenvalue weighted by Gasteiger charge is -2.33. The number of nitrogens with one attached hydrogen (secondary N) is 1. The second-order valence-corrected chi connectivity index (χ2v) is 9.08. The molecule has 1 fully saturated rings. The Balaban J connectivity index is 1.64. The lowest BCUT2D eigenvalue weighted by molar-refractivity contribution is -0.151. The standard InChI is InChI=1S/C25H24F3N3O5/c1-14-5-4-10-30(13-14)15-8-9-19(18(11-15)24(35)36)29-21(32)20(12-25(26,27)28)31-22(33)16-6-2-3-7-17(16)23(31)34/h2-3,6-9,11,14,20H,4-5,10,12-13H2,1H3,(H,29,32)(H,35,36)/t14-,20+/m1/s1. The van der Waals surface area contributed by atoms with Gasteiger partial charge in [0.15, 0.2) is 0 Å². The van der Waals surface area contributed by atoms with Gasteiger partial charge >= 0.3 is 12.1 Å². The van der Waals surface area contributed by atoms with Gasteiger partial charge in [-0.15, -0.1) is 0 Å². The first-order valence-electron chi connectivity index (χ1n) is 11.4. The highest BCUT2D eigenvalue weighted by Gasteiger charge is 2.47. The van der Waals surface area contributed by atoms with Crippen LogP contribution in [0.1, 0.15) is 57.3 Å². The van der Waals surface area contributed by atoms with Crippen LogP contribution in [0, 0.1) is 5.92 Å². The predicted molar refractivity (Wildman–Crippen MR) is 124 cm³/mol. The number of rotatable bonds is 6. The zero-order chi connectivity index (χ0) is 26.2. The number of hydrogen-bond acceptors (Lipinski definition) is 5. The molecule has 2 heterocycles. The van der Waals surface area contributed by atoms with Crippen molar-refractivity contribution in [2.45, 2.75) is 38.4 Å². The average molecular weight is 503 g/mol. The molecule has 0 aromatic heterocycles. The quantitative estimate of drug-likeness (QED) is 0.573. The van der Waals surface area contributed by atoms with Crippen LogP contribution in [0.15, 0.2) is 42.5 Å². The van der Waals surface area contributed by atoms with Crippen molar-refractivity contribution in [1.29, 1.82) is 0 Å². The maximum Gasteiger partial charge on any atom is 0.391 e. The Morgan fingerprint density at radius 3 is 2.31 bits per heavy atom. The average Bonchev–Trinajstić information content (AvgIpc) is 3.07. The molecule has 2 N–H and O–H groups in total. The number of carbonyl (C=O) groups is 4. The van der Waals surface area contributed by atoms with Gasteiger partial charge in [-0.2, -0.15) is 13.2 Å². The van der Waals surface area contributed by atoms with E-state index in [1.807, 2.05) is 4.90 Å². The molecule has 11 heteroatoms. The Morgan fingerprint density at radius 2 is 1.75 bits per heavy atom. The van der Waals surface area contributed by atoms with E-state index >= 15 is 0 Å². The summed E-state index contributed by atoms with van der Waals surface area (Å²) in [4.78, 5) is 52.8. The molecule has 0 bridgehead atoms. The number of carboxylic acid groups (broad SMARTS) is 1. The second kappa shape index (κ2) is 9.63. The predicted octanol–water partition coefficient (Wildman–Crippen LogP) is 4.18. The van der Waals surface area contributed by atoms with E-state index in [4.69, 9.17) is 0 Å². The Labute approximate surface area is 204 Å². The topological polar surface area (TPSA) is 107 Å². The number of amides is 3. The number of piperidine rings is 1. The van der Waals surface area contributed by atoms with Crippen molar-refractivity contribution in [3.63, 3.8) is 0 Å². The minimum absolute atomic E-state index is 0.103. The molecule has 3 amide bonds. The zero-order valence-corrected chi connectivity index (χ0v) is 19.3. The SMILES string of the molecule is C[C@@H]1CCCN(c2ccc(NC(=O)[C@H](CC(F)(F)F)N3C(=O)c4ccccc4C3=O)c(C(=O)O)c2)C1. The monoisotopic (exact) mass is 503 g/mol. The third kappa shape index (κ3) is 5.05. The molecule has 2 aliphatic rings. The number of benzene rings is 2. The van der Waals surface area contributed by atoms with Crippen LogP contribution in [0.4, 0.5) is 24.5 Å². The number of carboxylic acids is 1. The van der Waals surface area contributed by atoms with Crippen molar-refractivity contribution in [3.8, 4) is 0 Å². The second-order valence-electron chi connectivity index (χ2n) is 9.08. The summed E-state index contributed by atoms with van der Waals surface area (Å²) in [5.74, 6) is -4.33. The van der Waals surface area contributed by atoms with Crippen molar-refractivity contribution in [2.75, 3.05) is 23.3 Å². The first-order chi connectivity index (χ1) is 17.0. The largest absolute Gasteiger partial charge is 0.478 e. The van der Waals surface area contributed by atoms with Gasteiger partial charge in [-0.3, -0.25) is 19.3 Å². The van der Waals surface area contributed by atoms with E-state index in [-0.39, 0.29) is 27.3 Å². The van der Waals surface area contributed by atoms with E-state index in [1.165, 1.54) is 36.4 Å². The molecule has 190 valence electrons. The van der Waals surface area contributed by atoms with Gasteiger partial charge in [0, 0.05) is 18.8 Å². The summed E-state index contributed by atoms with van der Waals surface area (Å²) < 4.78 is 40.2. The lowest BCUT2D eigenvalue weighted by Crippen LogP contribution is -2.49. The van der Waals surface area contributed by atoms with Gasteiger partial charge in [0.2, 0.25) is 5.91 Å². The number of halogens is 3. The van der Waals surface area contributed by atoms with Crippen LogP contribution in [0.2, 0.25) is 0 Å². The first kappa shape index (κ1) is 25.2. The molecular weight excluding hydrogens is 479 g/mol. The van der Waals surface area contributed by atoms with Gasteiger partial charge in [-0.05, 0) is 49.1 Å². The van der Waals surface area contributed by atoms with Crippen LogP contribution in [-0.2, 0) is 4.79 Å². The molecule has 0 saturated carbocycles. The molecule has 2 aliphatic heterocycles. The Morgan fingerprint density at radius 1 is 1.11 bits per heavy atom. The number of nitrogens with zero attached hydrogens (tertiary/aromatic N) is 2. The fourth-order valence-electron chi connectivity index (χ4n) is 4.67. The van der Waals surface area contributed by atoms with Gasteiger partial charge in [-0.25, -0.2) is 4.79 Å². The van der Waals surface area contributed by atoms with E-state index in [9.17, 15) is 37.5 Å². The Kier molecular flexibility index (Phi) is 6.75. The highest BCUT2D eigenvalue weighted by molar-refractivity contribution is 6.23. The minimum Gasteiger partial charge on any atom is -0.478 e. The fraction of sp³-hybridized carbons (Fsp3) is 0.360. The van der Waals surface area contributed by atoms with E-state index < -0.39 is 42.3 Å². The molecule has 2 aromatic carbocycles. The van der Waals surface area contributed by atoms with Crippen LogP contribution in [-0.4, -0.2) is 59.0 Å². The van der Waals surface area contributed by atoms with Gasteiger partial charge < -0.3 is 15.3 Å². The highest BCUT2D eigenvalue weighted by Crippen LogP contribution is 2.32. The maximum atomic E-state index is 13.4. The minimum atomic E-state index is -4.89. The molecule has 0 unspecified atom stereocenters. The molecule has 0 spiro atoms. The van der Waals surface area contributed by atoms with Gasteiger partial charge in [-0.1, -0.05) is 19.1 Å². The van der Waals surface area contributed by atoms with E-state index in [0.717, 1.165) is 25.9 Å². The highest BCUT2D eigenvalue weighted by atomic mass is 19.4. The first-order valence-corrected chi connectivity index (χ1v) is 11.4. The van der Waals surface area contributed by atoms with Crippen molar-refractivity contribution < 1.29 is 37.5 Å². The van der Waals surface area contributed by atoms with Crippen molar-refractivity contribution >= 4 is 35.1 Å².